The van der Waals surface area contributed by atoms with Gasteiger partial charge >= 0.3 is 5.97 Å². The monoisotopic (exact) mass is 265 g/mol. The van der Waals surface area contributed by atoms with Gasteiger partial charge in [-0.2, -0.15) is 0 Å². The Labute approximate surface area is 110 Å². The van der Waals surface area contributed by atoms with Gasteiger partial charge in [0.25, 0.3) is 5.69 Å². The number of carbonyl (C=O) groups is 2. The summed E-state index contributed by atoms with van der Waals surface area (Å²) in [5.41, 5.74) is -1.20. The van der Waals surface area contributed by atoms with Crippen molar-refractivity contribution in [2.75, 3.05) is 7.11 Å². The van der Waals surface area contributed by atoms with Crippen LogP contribution in [0.5, 0.6) is 0 Å². The van der Waals surface area contributed by atoms with Gasteiger partial charge in [0, 0.05) is 18.1 Å². The standard InChI is InChI=1S/C13H15NO5/c1-9(15)13(2,12(16)19-3)8-10-6-4-5-7-11(10)14(17)18/h4-7H,8H2,1-3H3. The molecule has 0 spiro atoms. The minimum absolute atomic E-state index is 0.0633. The van der Waals surface area contributed by atoms with Crippen molar-refractivity contribution in [1.82, 2.24) is 0 Å². The van der Waals surface area contributed by atoms with Gasteiger partial charge in [-0.3, -0.25) is 19.7 Å². The van der Waals surface area contributed by atoms with Crippen molar-refractivity contribution in [3.05, 3.63) is 39.9 Å². The van der Waals surface area contributed by atoms with E-state index < -0.39 is 22.1 Å². The number of esters is 1. The van der Waals surface area contributed by atoms with E-state index in [1.807, 2.05) is 0 Å². The van der Waals surface area contributed by atoms with Gasteiger partial charge in [0.05, 0.1) is 12.0 Å². The summed E-state index contributed by atoms with van der Waals surface area (Å²) < 4.78 is 4.62. The lowest BCUT2D eigenvalue weighted by molar-refractivity contribution is -0.385. The molecule has 0 aliphatic rings. The molecule has 0 radical (unpaired) electrons. The Bertz CT molecular complexity index is 526. The maximum absolute atomic E-state index is 11.7. The maximum Gasteiger partial charge on any atom is 0.319 e. The molecule has 0 N–H and O–H groups in total. The van der Waals surface area contributed by atoms with Crippen molar-refractivity contribution < 1.29 is 19.2 Å². The number of para-hydroxylation sites is 1. The molecule has 6 nitrogen and oxygen atoms in total. The fourth-order valence-corrected chi connectivity index (χ4v) is 1.78. The van der Waals surface area contributed by atoms with Crippen LogP contribution in [-0.2, 0) is 20.7 Å². The summed E-state index contributed by atoms with van der Waals surface area (Å²) in [4.78, 5) is 33.8. The molecule has 0 saturated carbocycles. The molecular formula is C13H15NO5. The highest BCUT2D eigenvalue weighted by atomic mass is 16.6. The van der Waals surface area contributed by atoms with E-state index in [0.29, 0.717) is 5.56 Å². The van der Waals surface area contributed by atoms with Gasteiger partial charge in [-0.1, -0.05) is 18.2 Å². The van der Waals surface area contributed by atoms with Crippen molar-refractivity contribution in [2.45, 2.75) is 20.3 Å². The van der Waals surface area contributed by atoms with E-state index in [1.54, 1.807) is 6.07 Å². The summed E-state index contributed by atoms with van der Waals surface area (Å²) >= 11 is 0. The van der Waals surface area contributed by atoms with Crippen molar-refractivity contribution in [3.63, 3.8) is 0 Å². The van der Waals surface area contributed by atoms with Crippen LogP contribution < -0.4 is 0 Å². The SMILES string of the molecule is COC(=O)C(C)(Cc1ccccc1[N+](=O)[O-])C(C)=O. The third-order valence-electron chi connectivity index (χ3n) is 3.15. The molecule has 0 bridgehead atoms. The summed E-state index contributed by atoms with van der Waals surface area (Å²) in [6.07, 6.45) is -0.0633. The minimum Gasteiger partial charge on any atom is -0.468 e. The van der Waals surface area contributed by atoms with Crippen LogP contribution in [0.4, 0.5) is 5.69 Å². The van der Waals surface area contributed by atoms with Crippen LogP contribution >= 0.6 is 0 Å². The van der Waals surface area contributed by atoms with Gasteiger partial charge in [0.15, 0.2) is 0 Å². The Morgan fingerprint density at radius 1 is 1.37 bits per heavy atom. The second kappa shape index (κ2) is 5.60. The van der Waals surface area contributed by atoms with E-state index in [-0.39, 0.29) is 12.1 Å². The summed E-state index contributed by atoms with van der Waals surface area (Å²) in [5.74, 6) is -1.09. The molecule has 0 saturated heterocycles. The molecule has 1 unspecified atom stereocenters. The third kappa shape index (κ3) is 2.96. The lowest BCUT2D eigenvalue weighted by atomic mass is 9.80. The lowest BCUT2D eigenvalue weighted by Gasteiger charge is -2.23. The van der Waals surface area contributed by atoms with Crippen LogP contribution in [0.3, 0.4) is 0 Å². The number of nitrogens with zero attached hydrogens (tertiary/aromatic N) is 1. The molecule has 0 aliphatic carbocycles. The zero-order valence-corrected chi connectivity index (χ0v) is 11.0. The molecule has 0 amide bonds. The molecule has 0 aromatic heterocycles. The molecule has 6 heteroatoms. The predicted molar refractivity (Wildman–Crippen MR) is 67.6 cm³/mol. The Balaban J connectivity index is 3.22. The van der Waals surface area contributed by atoms with E-state index in [2.05, 4.69) is 4.74 Å². The van der Waals surface area contributed by atoms with Gasteiger partial charge in [0.1, 0.15) is 11.2 Å². The largest absolute Gasteiger partial charge is 0.468 e. The number of rotatable bonds is 5. The van der Waals surface area contributed by atoms with Crippen LogP contribution in [0.15, 0.2) is 24.3 Å². The maximum atomic E-state index is 11.7. The number of hydrogen-bond donors (Lipinski definition) is 0. The van der Waals surface area contributed by atoms with Crippen LogP contribution in [0.2, 0.25) is 0 Å². The Kier molecular flexibility index (Phi) is 4.37. The van der Waals surface area contributed by atoms with Gasteiger partial charge in [-0.05, 0) is 13.8 Å². The van der Waals surface area contributed by atoms with Gasteiger partial charge in [-0.15, -0.1) is 0 Å². The molecule has 1 aromatic rings. The molecule has 102 valence electrons. The minimum atomic E-state index is -1.42. The number of carbonyl (C=O) groups excluding carboxylic acids is 2. The zero-order valence-electron chi connectivity index (χ0n) is 11.0. The first kappa shape index (κ1) is 14.8. The van der Waals surface area contributed by atoms with Crippen molar-refractivity contribution in [2.24, 2.45) is 5.41 Å². The molecule has 1 atom stereocenters. The van der Waals surface area contributed by atoms with E-state index in [0.717, 1.165) is 0 Å². The molecule has 19 heavy (non-hydrogen) atoms. The molecule has 0 aliphatic heterocycles. The first-order valence-corrected chi connectivity index (χ1v) is 5.64. The van der Waals surface area contributed by atoms with Gasteiger partial charge in [-0.25, -0.2) is 0 Å². The van der Waals surface area contributed by atoms with Crippen LogP contribution in [-0.4, -0.2) is 23.8 Å². The summed E-state index contributed by atoms with van der Waals surface area (Å²) in [5, 5.41) is 10.9. The summed E-state index contributed by atoms with van der Waals surface area (Å²) in [6.45, 7) is 2.70. The lowest BCUT2D eigenvalue weighted by Crippen LogP contribution is -2.38. The number of benzene rings is 1. The highest BCUT2D eigenvalue weighted by Crippen LogP contribution is 2.30. The molecular weight excluding hydrogens is 250 g/mol. The number of ketones is 1. The van der Waals surface area contributed by atoms with E-state index in [1.165, 1.54) is 39.2 Å². The Morgan fingerprint density at radius 2 is 1.95 bits per heavy atom. The first-order valence-electron chi connectivity index (χ1n) is 5.64. The van der Waals surface area contributed by atoms with E-state index in [4.69, 9.17) is 0 Å². The van der Waals surface area contributed by atoms with Crippen LogP contribution in [0.25, 0.3) is 0 Å². The van der Waals surface area contributed by atoms with Gasteiger partial charge in [0.2, 0.25) is 0 Å². The topological polar surface area (TPSA) is 86.5 Å². The number of nitro benzene ring substituents is 1. The number of ether oxygens (including phenoxy) is 1. The van der Waals surface area contributed by atoms with Crippen molar-refractivity contribution in [3.8, 4) is 0 Å². The third-order valence-corrected chi connectivity index (χ3v) is 3.15. The number of hydrogen-bond acceptors (Lipinski definition) is 5. The number of Topliss-reactive ketones (excluding diaryl/α,β-unsaturated/α-hetero) is 1. The van der Waals surface area contributed by atoms with Crippen molar-refractivity contribution in [1.29, 1.82) is 0 Å². The van der Waals surface area contributed by atoms with E-state index >= 15 is 0 Å². The second-order valence-electron chi connectivity index (χ2n) is 4.44. The first-order chi connectivity index (χ1) is 8.82. The van der Waals surface area contributed by atoms with Crippen molar-refractivity contribution >= 4 is 17.4 Å². The number of nitro groups is 1. The Hall–Kier alpha value is -2.24. The zero-order chi connectivity index (χ0) is 14.6. The van der Waals surface area contributed by atoms with Gasteiger partial charge < -0.3 is 4.74 Å². The smallest absolute Gasteiger partial charge is 0.319 e. The molecule has 0 fully saturated rings. The number of methoxy groups -OCH3 is 1. The quantitative estimate of drug-likeness (QED) is 0.351. The Morgan fingerprint density at radius 3 is 2.42 bits per heavy atom. The average molecular weight is 265 g/mol. The van der Waals surface area contributed by atoms with Crippen LogP contribution in [0, 0.1) is 15.5 Å². The molecule has 0 heterocycles. The average Bonchev–Trinajstić information content (AvgIpc) is 2.37. The normalized spacial score (nSPS) is 13.4. The second-order valence-corrected chi connectivity index (χ2v) is 4.44. The fraction of sp³-hybridized carbons (Fsp3) is 0.385. The fourth-order valence-electron chi connectivity index (χ4n) is 1.78. The predicted octanol–water partition coefficient (Wildman–Crippen LogP) is 1.91. The summed E-state index contributed by atoms with van der Waals surface area (Å²) in [7, 11) is 1.18. The van der Waals surface area contributed by atoms with E-state index in [9.17, 15) is 19.7 Å². The molecule has 1 aromatic carbocycles. The highest BCUT2D eigenvalue weighted by molar-refractivity contribution is 6.02. The molecule has 1 rings (SSSR count). The highest BCUT2D eigenvalue weighted by Gasteiger charge is 2.41. The summed E-state index contributed by atoms with van der Waals surface area (Å²) in [6, 6.07) is 6.03. The van der Waals surface area contributed by atoms with Crippen LogP contribution in [0.1, 0.15) is 19.4 Å².